The predicted molar refractivity (Wildman–Crippen MR) is 122 cm³/mol. The van der Waals surface area contributed by atoms with Crippen molar-refractivity contribution in [2.24, 2.45) is 0 Å². The number of nitrogens with one attached hydrogen (secondary N) is 1. The van der Waals surface area contributed by atoms with Gasteiger partial charge in [0.15, 0.2) is 18.5 Å². The van der Waals surface area contributed by atoms with E-state index in [0.29, 0.717) is 6.61 Å². The summed E-state index contributed by atoms with van der Waals surface area (Å²) in [4.78, 5) is 46.8. The molecule has 5 atom stereocenters. The van der Waals surface area contributed by atoms with Crippen molar-refractivity contribution >= 4 is 23.8 Å². The zero-order valence-electron chi connectivity index (χ0n) is 20.7. The second kappa shape index (κ2) is 16.2. The number of unbranched alkanes of at least 4 members (excludes halogenated alkanes) is 6. The van der Waals surface area contributed by atoms with E-state index in [1.807, 2.05) is 6.08 Å². The lowest BCUT2D eigenvalue weighted by Crippen LogP contribution is -2.66. The SMILES string of the molecule is C=CCCCCCCCCOC1O[C@H](COC(C)=O)[C@H](OC(C)=O)[C@H](OC(C)=O)[C@H]1NC(C)=O. The Morgan fingerprint density at radius 1 is 0.853 bits per heavy atom. The summed E-state index contributed by atoms with van der Waals surface area (Å²) in [5.74, 6) is -2.24. The van der Waals surface area contributed by atoms with Gasteiger partial charge in [-0.3, -0.25) is 19.2 Å². The minimum absolute atomic E-state index is 0.248. The third-order valence-corrected chi connectivity index (χ3v) is 5.16. The summed E-state index contributed by atoms with van der Waals surface area (Å²) >= 11 is 0. The molecule has 0 aromatic rings. The minimum atomic E-state index is -1.12. The fourth-order valence-electron chi connectivity index (χ4n) is 3.73. The predicted octanol–water partition coefficient (Wildman–Crippen LogP) is 2.58. The molecule has 10 heteroatoms. The Labute approximate surface area is 201 Å². The number of esters is 3. The number of amides is 1. The molecular formula is C24H39NO9. The summed E-state index contributed by atoms with van der Waals surface area (Å²) in [6.07, 6.45) is 4.99. The second-order valence-corrected chi connectivity index (χ2v) is 8.29. The highest BCUT2D eigenvalue weighted by molar-refractivity contribution is 5.73. The number of rotatable bonds is 15. The molecule has 1 unspecified atom stereocenters. The van der Waals surface area contributed by atoms with Crippen molar-refractivity contribution in [1.82, 2.24) is 5.32 Å². The van der Waals surface area contributed by atoms with Crippen LogP contribution in [-0.2, 0) is 42.9 Å². The Morgan fingerprint density at radius 2 is 1.44 bits per heavy atom. The van der Waals surface area contributed by atoms with Crippen LogP contribution in [0.3, 0.4) is 0 Å². The van der Waals surface area contributed by atoms with Gasteiger partial charge in [0, 0.05) is 34.3 Å². The lowest BCUT2D eigenvalue weighted by atomic mass is 9.96. The van der Waals surface area contributed by atoms with Crippen molar-refractivity contribution in [2.45, 2.75) is 103 Å². The topological polar surface area (TPSA) is 126 Å². The summed E-state index contributed by atoms with van der Waals surface area (Å²) in [5.41, 5.74) is 0. The first kappa shape index (κ1) is 29.6. The second-order valence-electron chi connectivity index (χ2n) is 8.29. The monoisotopic (exact) mass is 485 g/mol. The van der Waals surface area contributed by atoms with Crippen LogP contribution in [0.2, 0.25) is 0 Å². The fourth-order valence-corrected chi connectivity index (χ4v) is 3.73. The van der Waals surface area contributed by atoms with Gasteiger partial charge in [-0.05, 0) is 19.3 Å². The van der Waals surface area contributed by atoms with Gasteiger partial charge in [-0.25, -0.2) is 0 Å². The Bertz CT molecular complexity index is 681. The maximum absolute atomic E-state index is 11.9. The molecule has 1 heterocycles. The summed E-state index contributed by atoms with van der Waals surface area (Å²) in [5, 5.41) is 2.68. The van der Waals surface area contributed by atoms with Crippen LogP contribution >= 0.6 is 0 Å². The minimum Gasteiger partial charge on any atom is -0.463 e. The molecule has 0 aliphatic carbocycles. The molecule has 1 rings (SSSR count). The van der Waals surface area contributed by atoms with E-state index < -0.39 is 54.5 Å². The first-order valence-corrected chi connectivity index (χ1v) is 11.8. The molecule has 0 aromatic carbocycles. The Hall–Kier alpha value is -2.46. The van der Waals surface area contributed by atoms with Crippen molar-refractivity contribution in [3.63, 3.8) is 0 Å². The standard InChI is InChI=1S/C24H39NO9/c1-6-7-8-9-10-11-12-13-14-30-24-21(25-16(2)26)23(33-19(5)29)22(32-18(4)28)20(34-24)15-31-17(3)27/h6,20-24H,1,7-15H2,2-5H3,(H,25,26)/t20-,21-,22+,23-,24?/m1/s1. The molecule has 0 bridgehead atoms. The molecule has 1 fully saturated rings. The molecular weight excluding hydrogens is 446 g/mol. The molecule has 34 heavy (non-hydrogen) atoms. The van der Waals surface area contributed by atoms with Crippen molar-refractivity contribution in [1.29, 1.82) is 0 Å². The quantitative estimate of drug-likeness (QED) is 0.161. The average molecular weight is 486 g/mol. The van der Waals surface area contributed by atoms with E-state index in [0.717, 1.165) is 44.9 Å². The fraction of sp³-hybridized carbons (Fsp3) is 0.750. The first-order chi connectivity index (χ1) is 16.1. The first-order valence-electron chi connectivity index (χ1n) is 11.8. The van der Waals surface area contributed by atoms with Gasteiger partial charge in [0.25, 0.3) is 0 Å². The van der Waals surface area contributed by atoms with E-state index in [1.165, 1.54) is 27.7 Å². The molecule has 1 N–H and O–H groups in total. The van der Waals surface area contributed by atoms with Crippen molar-refractivity contribution < 1.29 is 42.9 Å². The van der Waals surface area contributed by atoms with Crippen LogP contribution < -0.4 is 5.32 Å². The summed E-state index contributed by atoms with van der Waals surface area (Å²) < 4.78 is 27.7. The van der Waals surface area contributed by atoms with E-state index in [1.54, 1.807) is 0 Å². The number of carbonyl (C=O) groups excluding carboxylic acids is 4. The molecule has 0 spiro atoms. The van der Waals surface area contributed by atoms with Crippen LogP contribution in [0.1, 0.15) is 72.6 Å². The zero-order chi connectivity index (χ0) is 25.5. The van der Waals surface area contributed by atoms with Crippen molar-refractivity contribution in [3.8, 4) is 0 Å². The Morgan fingerprint density at radius 3 is 2.00 bits per heavy atom. The van der Waals surface area contributed by atoms with E-state index in [4.69, 9.17) is 23.7 Å². The number of carbonyl (C=O) groups is 4. The van der Waals surface area contributed by atoms with Crippen LogP contribution in [-0.4, -0.2) is 67.7 Å². The van der Waals surface area contributed by atoms with Crippen LogP contribution in [0.15, 0.2) is 12.7 Å². The van der Waals surface area contributed by atoms with Crippen LogP contribution in [0.25, 0.3) is 0 Å². The summed E-state index contributed by atoms with van der Waals surface area (Å²) in [6, 6.07) is -0.932. The molecule has 1 saturated heterocycles. The summed E-state index contributed by atoms with van der Waals surface area (Å²) in [6.45, 7) is 8.76. The smallest absolute Gasteiger partial charge is 0.303 e. The highest BCUT2D eigenvalue weighted by Crippen LogP contribution is 2.28. The number of ether oxygens (including phenoxy) is 5. The maximum atomic E-state index is 11.9. The van der Waals surface area contributed by atoms with Gasteiger partial charge in [0.05, 0.1) is 0 Å². The van der Waals surface area contributed by atoms with E-state index in [-0.39, 0.29) is 6.61 Å². The van der Waals surface area contributed by atoms with E-state index >= 15 is 0 Å². The third-order valence-electron chi connectivity index (χ3n) is 5.16. The lowest BCUT2D eigenvalue weighted by molar-refractivity contribution is -0.277. The Kier molecular flexibility index (Phi) is 14.1. The largest absolute Gasteiger partial charge is 0.463 e. The normalized spacial score (nSPS) is 24.1. The van der Waals surface area contributed by atoms with Gasteiger partial charge in [-0.1, -0.05) is 31.8 Å². The molecule has 0 saturated carbocycles. The van der Waals surface area contributed by atoms with E-state index in [9.17, 15) is 19.2 Å². The molecule has 0 aromatic heterocycles. The van der Waals surface area contributed by atoms with Gasteiger partial charge in [-0.15, -0.1) is 6.58 Å². The molecule has 10 nitrogen and oxygen atoms in total. The molecule has 0 radical (unpaired) electrons. The number of hydrogen-bond donors (Lipinski definition) is 1. The summed E-state index contributed by atoms with van der Waals surface area (Å²) in [7, 11) is 0. The maximum Gasteiger partial charge on any atom is 0.303 e. The van der Waals surface area contributed by atoms with Gasteiger partial charge in [0.2, 0.25) is 5.91 Å². The van der Waals surface area contributed by atoms with Crippen molar-refractivity contribution in [2.75, 3.05) is 13.2 Å². The highest BCUT2D eigenvalue weighted by atomic mass is 16.7. The van der Waals surface area contributed by atoms with Gasteiger partial charge in [0.1, 0.15) is 18.8 Å². The van der Waals surface area contributed by atoms with Crippen LogP contribution in [0.4, 0.5) is 0 Å². The molecule has 1 aliphatic rings. The van der Waals surface area contributed by atoms with Crippen LogP contribution in [0, 0.1) is 0 Å². The molecule has 1 aliphatic heterocycles. The third kappa shape index (κ3) is 11.6. The van der Waals surface area contributed by atoms with Gasteiger partial charge >= 0.3 is 17.9 Å². The Balaban J connectivity index is 2.90. The lowest BCUT2D eigenvalue weighted by Gasteiger charge is -2.44. The van der Waals surface area contributed by atoms with Crippen molar-refractivity contribution in [3.05, 3.63) is 12.7 Å². The van der Waals surface area contributed by atoms with Gasteiger partial charge < -0.3 is 29.0 Å². The average Bonchev–Trinajstić information content (AvgIpc) is 2.74. The highest BCUT2D eigenvalue weighted by Gasteiger charge is 2.51. The number of hydrogen-bond acceptors (Lipinski definition) is 9. The molecule has 1 amide bonds. The number of allylic oxidation sites excluding steroid dienone is 1. The molecule has 194 valence electrons. The van der Waals surface area contributed by atoms with Gasteiger partial charge in [-0.2, -0.15) is 0 Å². The zero-order valence-corrected chi connectivity index (χ0v) is 20.7. The van der Waals surface area contributed by atoms with Crippen LogP contribution in [0.5, 0.6) is 0 Å². The van der Waals surface area contributed by atoms with E-state index in [2.05, 4.69) is 11.9 Å².